The highest BCUT2D eigenvalue weighted by Gasteiger charge is 2.43. The first kappa shape index (κ1) is 29.8. The largest absolute Gasteiger partial charge is 0.469 e. The molecule has 0 spiro atoms. The van der Waals surface area contributed by atoms with Crippen molar-refractivity contribution in [1.82, 2.24) is 20.2 Å². The third kappa shape index (κ3) is 5.32. The molecule has 4 aromatic rings. The third-order valence-electron chi connectivity index (χ3n) is 9.53. The van der Waals surface area contributed by atoms with E-state index in [0.29, 0.717) is 0 Å². The molecule has 2 aromatic heterocycles. The Bertz CT molecular complexity index is 1850. The number of benzene rings is 2. The summed E-state index contributed by atoms with van der Waals surface area (Å²) in [7, 11) is 3.43. The predicted molar refractivity (Wildman–Crippen MR) is 172 cm³/mol. The number of pyridine rings is 1. The van der Waals surface area contributed by atoms with Crippen LogP contribution in [0.1, 0.15) is 56.7 Å². The van der Waals surface area contributed by atoms with Crippen LogP contribution in [0.4, 0.5) is 0 Å². The number of allylic oxidation sites excluding steroid dienone is 4. The van der Waals surface area contributed by atoms with Crippen LogP contribution in [0.25, 0.3) is 21.9 Å². The molecule has 8 heteroatoms. The number of rotatable bonds is 6. The summed E-state index contributed by atoms with van der Waals surface area (Å²) in [5.74, 6) is 1.72. The van der Waals surface area contributed by atoms with Gasteiger partial charge in [-0.15, -0.1) is 0 Å². The SMILES string of the molecule is C/C=C1/CN(CC2CC(C(c3ccc4c(n[nH][n+]4C)c3C)C(C)(C)C(=O)OC)=CC=C2C)Cc2cc3ncccc3cc2O1. The maximum Gasteiger partial charge on any atom is 0.312 e. The predicted octanol–water partition coefficient (Wildman–Crippen LogP) is 6.22. The second-order valence-electron chi connectivity index (χ2n) is 12.8. The van der Waals surface area contributed by atoms with E-state index >= 15 is 0 Å². The minimum Gasteiger partial charge on any atom is -0.469 e. The maximum absolute atomic E-state index is 13.3. The molecule has 0 fully saturated rings. The Morgan fingerprint density at radius 3 is 2.82 bits per heavy atom. The number of nitrogens with one attached hydrogen (secondary N) is 1. The molecule has 0 radical (unpaired) electrons. The van der Waals surface area contributed by atoms with Gasteiger partial charge < -0.3 is 9.47 Å². The summed E-state index contributed by atoms with van der Waals surface area (Å²) >= 11 is 0. The van der Waals surface area contributed by atoms with Gasteiger partial charge in [0.2, 0.25) is 5.52 Å². The van der Waals surface area contributed by atoms with Gasteiger partial charge in [0, 0.05) is 46.8 Å². The zero-order chi connectivity index (χ0) is 31.2. The summed E-state index contributed by atoms with van der Waals surface area (Å²) in [4.78, 5) is 20.4. The molecule has 0 amide bonds. The molecule has 0 saturated carbocycles. The van der Waals surface area contributed by atoms with Gasteiger partial charge in [0.05, 0.1) is 24.6 Å². The lowest BCUT2D eigenvalue weighted by atomic mass is 9.66. The number of carbonyl (C=O) groups excluding carboxylic acids is 1. The van der Waals surface area contributed by atoms with Crippen molar-refractivity contribution in [2.45, 2.75) is 53.5 Å². The molecule has 2 unspecified atom stereocenters. The first-order chi connectivity index (χ1) is 21.1. The van der Waals surface area contributed by atoms with Crippen molar-refractivity contribution in [2.24, 2.45) is 18.4 Å². The van der Waals surface area contributed by atoms with Gasteiger partial charge in [-0.25, -0.2) is 0 Å². The maximum atomic E-state index is 13.3. The summed E-state index contributed by atoms with van der Waals surface area (Å²) in [5, 5.41) is 8.71. The van der Waals surface area contributed by atoms with Gasteiger partial charge in [0.1, 0.15) is 18.6 Å². The molecule has 2 aliphatic rings. The van der Waals surface area contributed by atoms with Gasteiger partial charge in [0.15, 0.2) is 0 Å². The zero-order valence-corrected chi connectivity index (χ0v) is 26.8. The number of methoxy groups -OCH3 is 1. The lowest BCUT2D eigenvalue weighted by Crippen LogP contribution is -2.36. The number of aromatic amines is 1. The molecule has 6 rings (SSSR count). The van der Waals surface area contributed by atoms with Crippen LogP contribution in [0.3, 0.4) is 0 Å². The fraction of sp³-hybridized carbons (Fsp3) is 0.389. The summed E-state index contributed by atoms with van der Waals surface area (Å²) < 4.78 is 13.7. The third-order valence-corrected chi connectivity index (χ3v) is 9.53. The van der Waals surface area contributed by atoms with Crippen molar-refractivity contribution in [1.29, 1.82) is 0 Å². The highest BCUT2D eigenvalue weighted by Crippen LogP contribution is 2.47. The Morgan fingerprint density at radius 2 is 2.05 bits per heavy atom. The second-order valence-corrected chi connectivity index (χ2v) is 12.8. The molecule has 1 aliphatic carbocycles. The number of ether oxygens (including phenoxy) is 2. The first-order valence-corrected chi connectivity index (χ1v) is 15.3. The van der Waals surface area contributed by atoms with Crippen LogP contribution in [0.5, 0.6) is 5.75 Å². The van der Waals surface area contributed by atoms with Crippen LogP contribution in [-0.4, -0.2) is 46.4 Å². The van der Waals surface area contributed by atoms with E-state index in [1.54, 1.807) is 0 Å². The Kier molecular flexibility index (Phi) is 7.88. The average Bonchev–Trinajstić information content (AvgIpc) is 3.30. The number of carbonyl (C=O) groups is 1. The number of fused-ring (bicyclic) bond motifs is 3. The van der Waals surface area contributed by atoms with Gasteiger partial charge in [0.25, 0.3) is 5.52 Å². The Hall–Kier alpha value is -4.30. The van der Waals surface area contributed by atoms with Gasteiger partial charge in [-0.1, -0.05) is 40.6 Å². The molecule has 1 aliphatic heterocycles. The standard InChI is InChI=1S/C36H41N5O3/c1-8-28-21-41(20-27-17-30-24(10-9-15-37-30)18-32(27)44-28)19-26-16-25(12-11-22(26)2)33(36(4,5)35(42)43-7)29-13-14-31-34(23(29)3)38-39-40(31)6/h8-15,17-18,26,33H,16,19-21H2,1-7H3/p+1/b28-8-. The number of nitrogens with zero attached hydrogens (tertiary/aromatic N) is 4. The Morgan fingerprint density at radius 1 is 1.23 bits per heavy atom. The monoisotopic (exact) mass is 592 g/mol. The number of esters is 1. The van der Waals surface area contributed by atoms with Gasteiger partial charge in [-0.3, -0.25) is 14.7 Å². The minimum atomic E-state index is -0.789. The van der Waals surface area contributed by atoms with Crippen LogP contribution in [0.15, 0.2) is 77.7 Å². The topological polar surface area (TPSA) is 84.2 Å². The van der Waals surface area contributed by atoms with E-state index in [1.807, 2.05) is 44.8 Å². The van der Waals surface area contributed by atoms with Gasteiger partial charge >= 0.3 is 5.97 Å². The van der Waals surface area contributed by atoms with E-state index in [9.17, 15) is 4.79 Å². The molecule has 0 bridgehead atoms. The molecule has 0 saturated heterocycles. The summed E-state index contributed by atoms with van der Waals surface area (Å²) in [6.45, 7) is 12.7. The average molecular weight is 593 g/mol. The second kappa shape index (κ2) is 11.7. The van der Waals surface area contributed by atoms with E-state index in [2.05, 4.69) is 82.6 Å². The number of aryl methyl sites for hydroxylation is 2. The van der Waals surface area contributed by atoms with Crippen LogP contribution in [0, 0.1) is 18.3 Å². The van der Waals surface area contributed by atoms with E-state index in [0.717, 1.165) is 76.2 Å². The van der Waals surface area contributed by atoms with Crippen LogP contribution >= 0.6 is 0 Å². The van der Waals surface area contributed by atoms with Crippen molar-refractivity contribution in [3.8, 4) is 5.75 Å². The Labute approximate surface area is 259 Å². The highest BCUT2D eigenvalue weighted by molar-refractivity contribution is 5.82. The summed E-state index contributed by atoms with van der Waals surface area (Å²) in [6.07, 6.45) is 9.21. The first-order valence-electron chi connectivity index (χ1n) is 15.3. The fourth-order valence-electron chi connectivity index (χ4n) is 6.99. The summed E-state index contributed by atoms with van der Waals surface area (Å²) in [6, 6.07) is 12.6. The van der Waals surface area contributed by atoms with E-state index in [-0.39, 0.29) is 17.8 Å². The van der Waals surface area contributed by atoms with Crippen molar-refractivity contribution >= 4 is 27.9 Å². The van der Waals surface area contributed by atoms with Gasteiger partial charge in [-0.2, -0.15) is 4.68 Å². The Balaban J connectivity index is 1.34. The van der Waals surface area contributed by atoms with Gasteiger partial charge in [-0.05, 0) is 82.9 Å². The number of hydrogen-bond donors (Lipinski definition) is 1. The van der Waals surface area contributed by atoms with E-state index in [1.165, 1.54) is 18.3 Å². The van der Waals surface area contributed by atoms with Crippen molar-refractivity contribution in [3.05, 3.63) is 94.4 Å². The van der Waals surface area contributed by atoms with Crippen molar-refractivity contribution in [3.63, 3.8) is 0 Å². The fourth-order valence-corrected chi connectivity index (χ4v) is 6.99. The molecular weight excluding hydrogens is 550 g/mol. The molecule has 1 N–H and O–H groups in total. The highest BCUT2D eigenvalue weighted by atomic mass is 16.5. The molecular formula is C36H42N5O3+. The molecule has 44 heavy (non-hydrogen) atoms. The zero-order valence-electron chi connectivity index (χ0n) is 26.8. The van der Waals surface area contributed by atoms with Crippen LogP contribution in [-0.2, 0) is 23.1 Å². The molecule has 8 nitrogen and oxygen atoms in total. The lowest BCUT2D eigenvalue weighted by Gasteiger charge is -2.38. The number of aromatic nitrogens is 4. The van der Waals surface area contributed by atoms with Crippen molar-refractivity contribution < 1.29 is 19.0 Å². The van der Waals surface area contributed by atoms with E-state index < -0.39 is 5.41 Å². The lowest BCUT2D eigenvalue weighted by molar-refractivity contribution is -0.707. The molecule has 2 aromatic carbocycles. The number of H-pyrrole nitrogens is 1. The number of hydrogen-bond acceptors (Lipinski definition) is 6. The quantitative estimate of drug-likeness (QED) is 0.212. The molecule has 3 heterocycles. The molecule has 2 atom stereocenters. The molecule has 228 valence electrons. The van der Waals surface area contributed by atoms with Crippen molar-refractivity contribution in [2.75, 3.05) is 20.2 Å². The van der Waals surface area contributed by atoms with E-state index in [4.69, 9.17) is 9.47 Å². The normalized spacial score (nSPS) is 19.2. The van der Waals surface area contributed by atoms with Crippen LogP contribution < -0.4 is 9.42 Å². The minimum absolute atomic E-state index is 0.176. The van der Waals surface area contributed by atoms with Crippen LogP contribution in [0.2, 0.25) is 0 Å². The smallest absolute Gasteiger partial charge is 0.312 e. The summed E-state index contributed by atoms with van der Waals surface area (Å²) in [5.41, 5.74) is 8.01.